The molecule has 0 amide bonds. The van der Waals surface area contributed by atoms with Gasteiger partial charge in [0.1, 0.15) is 23.3 Å². The van der Waals surface area contributed by atoms with Crippen molar-refractivity contribution in [1.29, 1.82) is 0 Å². The summed E-state index contributed by atoms with van der Waals surface area (Å²) in [6, 6.07) is 19.7. The van der Waals surface area contributed by atoms with Crippen LogP contribution in [0, 0.1) is 23.3 Å². The number of alkyl halides is 1. The molecule has 0 radical (unpaired) electrons. The van der Waals surface area contributed by atoms with Crippen LogP contribution in [0.4, 0.5) is 17.6 Å². The molecule has 308 valence electrons. The predicted molar refractivity (Wildman–Crippen MR) is 245 cm³/mol. The third-order valence-corrected chi connectivity index (χ3v) is 13.7. The van der Waals surface area contributed by atoms with Crippen LogP contribution in [0.2, 0.25) is 0 Å². The number of aromatic nitrogens is 6. The summed E-state index contributed by atoms with van der Waals surface area (Å²) in [5, 5.41) is 15.3. The molecule has 61 heavy (non-hydrogen) atoms. The molecule has 0 atom stereocenters. The number of fused-ring (bicyclic) bond motifs is 4. The van der Waals surface area contributed by atoms with Crippen molar-refractivity contribution >= 4 is 108 Å². The molecule has 6 heterocycles. The Morgan fingerprint density at radius 3 is 1.66 bits per heavy atom. The molecule has 0 aliphatic heterocycles. The average molecular weight is 1010 g/mol. The number of pyridine rings is 2. The van der Waals surface area contributed by atoms with Crippen molar-refractivity contribution in [3.05, 3.63) is 172 Å². The van der Waals surface area contributed by atoms with Crippen molar-refractivity contribution in [3.8, 4) is 22.3 Å². The number of nitrogens with one attached hydrogen (secondary N) is 1. The average Bonchev–Trinajstić information content (AvgIpc) is 4.06. The first-order valence-electron chi connectivity index (χ1n) is 18.2. The fraction of sp³-hybridized carbons (Fsp3) is 0.0909. The van der Waals surface area contributed by atoms with E-state index < -0.39 is 23.3 Å². The number of rotatable bonds is 5. The van der Waals surface area contributed by atoms with Crippen molar-refractivity contribution in [3.63, 3.8) is 0 Å². The molecule has 8 nitrogen and oxygen atoms in total. The lowest BCUT2D eigenvalue weighted by atomic mass is 10.00. The van der Waals surface area contributed by atoms with E-state index in [1.165, 1.54) is 40.2 Å². The number of hydrogen-bond acceptors (Lipinski definition) is 6. The van der Waals surface area contributed by atoms with Gasteiger partial charge in [0, 0.05) is 60.8 Å². The maximum absolute atomic E-state index is 15.0. The van der Waals surface area contributed by atoms with E-state index in [0.29, 0.717) is 26.5 Å². The number of H-pyrrole nitrogens is 1. The Morgan fingerprint density at radius 1 is 0.656 bits per heavy atom. The molecule has 0 bridgehead atoms. The summed E-state index contributed by atoms with van der Waals surface area (Å²) in [6.07, 6.45) is 6.89. The Hall–Kier alpha value is -5.39. The third kappa shape index (κ3) is 8.47. The van der Waals surface area contributed by atoms with Crippen LogP contribution in [0.25, 0.3) is 64.2 Å². The molecule has 0 saturated carbocycles. The second kappa shape index (κ2) is 17.5. The van der Waals surface area contributed by atoms with E-state index in [2.05, 4.69) is 47.0 Å². The van der Waals surface area contributed by atoms with Crippen LogP contribution in [0.15, 0.2) is 127 Å². The van der Waals surface area contributed by atoms with Gasteiger partial charge in [0.05, 0.1) is 52.6 Å². The molecule has 10 rings (SSSR count). The molecule has 0 spiro atoms. The van der Waals surface area contributed by atoms with E-state index in [9.17, 15) is 27.2 Å². The summed E-state index contributed by atoms with van der Waals surface area (Å²) in [7, 11) is 3.61. The molecule has 17 heteroatoms. The van der Waals surface area contributed by atoms with Crippen LogP contribution in [0.5, 0.6) is 0 Å². The van der Waals surface area contributed by atoms with Crippen molar-refractivity contribution in [1.82, 2.24) is 29.1 Å². The van der Waals surface area contributed by atoms with Gasteiger partial charge >= 0.3 is 0 Å². The van der Waals surface area contributed by atoms with Gasteiger partial charge in [0.25, 0.3) is 11.1 Å². The molecule has 0 aliphatic carbocycles. The highest BCUT2D eigenvalue weighted by atomic mass is 79.9. The summed E-state index contributed by atoms with van der Waals surface area (Å²) >= 11 is 15.3. The zero-order valence-corrected chi connectivity index (χ0v) is 37.4. The topological polar surface area (TPSA) is 90.5 Å². The maximum atomic E-state index is 15.0. The zero-order valence-electron chi connectivity index (χ0n) is 31.8. The second-order valence-electron chi connectivity index (χ2n) is 13.8. The summed E-state index contributed by atoms with van der Waals surface area (Å²) in [5.74, 6) is -2.83. The van der Waals surface area contributed by atoms with E-state index in [4.69, 9.17) is 11.6 Å². The Balaban J connectivity index is 0.000000142. The normalized spacial score (nSPS) is 11.3. The molecule has 0 aliphatic rings. The van der Waals surface area contributed by atoms with Gasteiger partial charge in [0.15, 0.2) is 0 Å². The van der Waals surface area contributed by atoms with Crippen molar-refractivity contribution in [2.75, 3.05) is 0 Å². The van der Waals surface area contributed by atoms with Crippen LogP contribution in [-0.4, -0.2) is 29.1 Å². The van der Waals surface area contributed by atoms with E-state index in [1.54, 1.807) is 46.2 Å². The summed E-state index contributed by atoms with van der Waals surface area (Å²) in [5.41, 5.74) is 3.32. The van der Waals surface area contributed by atoms with Crippen molar-refractivity contribution in [2.24, 2.45) is 14.1 Å². The Kier molecular flexibility index (Phi) is 12.2. The zero-order chi connectivity index (χ0) is 43.1. The Bertz CT molecular complexity index is 3370. The van der Waals surface area contributed by atoms with E-state index in [0.717, 1.165) is 46.6 Å². The van der Waals surface area contributed by atoms with Gasteiger partial charge in [-0.25, -0.2) is 17.6 Å². The lowest BCUT2D eigenvalue weighted by Gasteiger charge is -2.12. The number of aromatic amines is 1. The number of thiophene rings is 2. The van der Waals surface area contributed by atoms with Gasteiger partial charge in [-0.2, -0.15) is 10.2 Å². The predicted octanol–water partition coefficient (Wildman–Crippen LogP) is 12.3. The fourth-order valence-corrected chi connectivity index (χ4v) is 10.1. The summed E-state index contributed by atoms with van der Waals surface area (Å²) in [4.78, 5) is 26.5. The van der Waals surface area contributed by atoms with E-state index in [1.807, 2.05) is 72.7 Å². The minimum Gasteiger partial charge on any atom is -0.327 e. The van der Waals surface area contributed by atoms with Crippen LogP contribution in [-0.2, 0) is 26.5 Å². The molecule has 10 aromatic rings. The van der Waals surface area contributed by atoms with E-state index >= 15 is 0 Å². The van der Waals surface area contributed by atoms with Crippen LogP contribution >= 0.6 is 66.1 Å². The van der Waals surface area contributed by atoms with Gasteiger partial charge in [-0.3, -0.25) is 19.0 Å². The molecule has 0 saturated heterocycles. The van der Waals surface area contributed by atoms with Gasteiger partial charge < -0.3 is 9.55 Å². The highest BCUT2D eigenvalue weighted by Gasteiger charge is 2.18. The standard InChI is InChI=1S/C22H14BrF2N3OS.C15H11ClF2N2.C7H4BrNOS/c1-27-9-15-13(3-2-4-20(15)26-27)12-7-18(24)16(19(25)8-12)10-28-11-17(23)21-14(22(28)29)5-6-30-21;1-20-8-12-10(3-2-4-15(12)19-20)9-5-13(17)11(7-16)14(18)6-9;8-5-3-9-7(10)4-1-2-11-6(4)5/h2-9,11H,10H2,1H3;2-6,8H,7H2,1H3;1-3H,(H,9,10). The van der Waals surface area contributed by atoms with Gasteiger partial charge in [-0.15, -0.1) is 34.3 Å². The highest BCUT2D eigenvalue weighted by Crippen LogP contribution is 2.33. The van der Waals surface area contributed by atoms with Crippen molar-refractivity contribution < 1.29 is 17.6 Å². The Labute approximate surface area is 373 Å². The van der Waals surface area contributed by atoms with Crippen LogP contribution < -0.4 is 11.1 Å². The lowest BCUT2D eigenvalue weighted by Crippen LogP contribution is -2.21. The minimum absolute atomic E-state index is 0.0237. The maximum Gasteiger partial charge on any atom is 0.259 e. The fourth-order valence-electron chi connectivity index (χ4n) is 6.93. The molecule has 0 fully saturated rings. The first-order valence-corrected chi connectivity index (χ1v) is 22.1. The summed E-state index contributed by atoms with van der Waals surface area (Å²) < 4.78 is 65.8. The molecule has 4 aromatic carbocycles. The van der Waals surface area contributed by atoms with Crippen molar-refractivity contribution in [2.45, 2.75) is 12.4 Å². The number of benzene rings is 4. The summed E-state index contributed by atoms with van der Waals surface area (Å²) in [6.45, 7) is -0.196. The first kappa shape index (κ1) is 42.3. The smallest absolute Gasteiger partial charge is 0.259 e. The highest BCUT2D eigenvalue weighted by molar-refractivity contribution is 9.11. The molecular formula is C44H29Br2ClF4N6O2S2. The molecule has 1 N–H and O–H groups in total. The van der Waals surface area contributed by atoms with Crippen LogP contribution in [0.1, 0.15) is 11.1 Å². The Morgan fingerprint density at radius 2 is 1.15 bits per heavy atom. The SMILES string of the molecule is Cn1cc2c(-c3cc(F)c(CCl)c(F)c3)cccc2n1.Cn1cc2c(-c3cc(F)c(Cn4cc(Br)c5sccc5c4=O)c(F)c3)cccc2n1.O=c1[nH]cc(Br)c2sccc12. The number of nitrogens with zero attached hydrogens (tertiary/aromatic N) is 5. The molecule has 0 unspecified atom stereocenters. The van der Waals surface area contributed by atoms with Crippen LogP contribution in [0.3, 0.4) is 0 Å². The third-order valence-electron chi connectivity index (χ3n) is 9.79. The number of hydrogen-bond donors (Lipinski definition) is 1. The number of aryl methyl sites for hydroxylation is 2. The number of halogens is 7. The minimum atomic E-state index is -0.695. The first-order chi connectivity index (χ1) is 29.3. The van der Waals surface area contributed by atoms with E-state index in [-0.39, 0.29) is 34.7 Å². The second-order valence-corrected chi connectivity index (χ2v) is 17.6. The van der Waals surface area contributed by atoms with Gasteiger partial charge in [-0.1, -0.05) is 24.3 Å². The molecular weight excluding hydrogens is 980 g/mol. The monoisotopic (exact) mass is 1010 g/mol. The largest absolute Gasteiger partial charge is 0.327 e. The lowest BCUT2D eigenvalue weighted by molar-refractivity contribution is 0.543. The molecule has 6 aromatic heterocycles. The quantitative estimate of drug-likeness (QED) is 0.137. The van der Waals surface area contributed by atoms with Gasteiger partial charge in [-0.05, 0) is 113 Å². The van der Waals surface area contributed by atoms with Gasteiger partial charge in [0.2, 0.25) is 0 Å².